The largest absolute Gasteiger partial charge is 0.368 e. The van der Waals surface area contributed by atoms with Gasteiger partial charge in [0.1, 0.15) is 0 Å². The van der Waals surface area contributed by atoms with Gasteiger partial charge in [0.05, 0.1) is 0 Å². The smallest absolute Gasteiger partial charge is 0.0426 e. The van der Waals surface area contributed by atoms with E-state index >= 15 is 0 Å². The molecule has 3 nitrogen and oxygen atoms in total. The van der Waals surface area contributed by atoms with Gasteiger partial charge < -0.3 is 15.5 Å². The molecule has 0 aromatic heterocycles. The minimum absolute atomic E-state index is 0.440. The molecule has 1 aromatic rings. The van der Waals surface area contributed by atoms with Crippen molar-refractivity contribution in [3.05, 3.63) is 28.8 Å². The zero-order chi connectivity index (χ0) is 14.4. The van der Waals surface area contributed by atoms with Crippen LogP contribution in [-0.4, -0.2) is 44.7 Å². The van der Waals surface area contributed by atoms with Crippen molar-refractivity contribution < 1.29 is 0 Å². The number of hydrogen-bond acceptors (Lipinski definition) is 3. The molecule has 0 spiro atoms. The van der Waals surface area contributed by atoms with E-state index in [0.29, 0.717) is 12.6 Å². The first kappa shape index (κ1) is 16.3. The normalized spacial score (nSPS) is 12.8. The third-order valence-corrected chi connectivity index (χ3v) is 3.51. The summed E-state index contributed by atoms with van der Waals surface area (Å²) >= 11 is 6.16. The molecule has 0 heterocycles. The van der Waals surface area contributed by atoms with Crippen molar-refractivity contribution in [1.29, 1.82) is 0 Å². The van der Waals surface area contributed by atoms with Gasteiger partial charge in [-0.2, -0.15) is 0 Å². The standard InChI is InChI=1S/C15H26ClN3/c1-5-19(12(2)11-18(3)4)15-10-14(16)7-6-13(15)8-9-17/h6-7,10,12H,5,8-9,11,17H2,1-4H3. The molecule has 0 aliphatic rings. The molecule has 4 heteroatoms. The number of nitrogens with zero attached hydrogens (tertiary/aromatic N) is 2. The Labute approximate surface area is 122 Å². The van der Waals surface area contributed by atoms with Crippen molar-refractivity contribution in [2.75, 3.05) is 38.6 Å². The molecule has 0 bridgehead atoms. The molecule has 0 radical (unpaired) electrons. The molecular formula is C15H26ClN3. The Bertz CT molecular complexity index is 393. The highest BCUT2D eigenvalue weighted by Crippen LogP contribution is 2.27. The van der Waals surface area contributed by atoms with E-state index in [9.17, 15) is 0 Å². The lowest BCUT2D eigenvalue weighted by atomic mass is 10.1. The van der Waals surface area contributed by atoms with Gasteiger partial charge in [0.25, 0.3) is 0 Å². The number of rotatable bonds is 7. The SMILES string of the molecule is CCN(c1cc(Cl)ccc1CCN)C(C)CN(C)C. The van der Waals surface area contributed by atoms with Gasteiger partial charge >= 0.3 is 0 Å². The summed E-state index contributed by atoms with van der Waals surface area (Å²) in [6, 6.07) is 6.54. The van der Waals surface area contributed by atoms with Gasteiger partial charge in [-0.1, -0.05) is 17.7 Å². The fourth-order valence-electron chi connectivity index (χ4n) is 2.52. The van der Waals surface area contributed by atoms with E-state index in [4.69, 9.17) is 17.3 Å². The minimum Gasteiger partial charge on any atom is -0.368 e. The van der Waals surface area contributed by atoms with E-state index < -0.39 is 0 Å². The van der Waals surface area contributed by atoms with Crippen molar-refractivity contribution in [3.63, 3.8) is 0 Å². The third-order valence-electron chi connectivity index (χ3n) is 3.27. The fraction of sp³-hybridized carbons (Fsp3) is 0.600. The van der Waals surface area contributed by atoms with E-state index in [0.717, 1.165) is 24.5 Å². The van der Waals surface area contributed by atoms with Crippen LogP contribution < -0.4 is 10.6 Å². The lowest BCUT2D eigenvalue weighted by molar-refractivity contribution is 0.372. The lowest BCUT2D eigenvalue weighted by Gasteiger charge is -2.33. The van der Waals surface area contributed by atoms with Crippen LogP contribution in [0.15, 0.2) is 18.2 Å². The lowest BCUT2D eigenvalue weighted by Crippen LogP contribution is -2.40. The van der Waals surface area contributed by atoms with Crippen molar-refractivity contribution in [1.82, 2.24) is 4.90 Å². The molecule has 0 saturated carbocycles. The van der Waals surface area contributed by atoms with Gasteiger partial charge in [-0.15, -0.1) is 0 Å². The molecule has 19 heavy (non-hydrogen) atoms. The zero-order valence-electron chi connectivity index (χ0n) is 12.5. The van der Waals surface area contributed by atoms with Gasteiger partial charge in [0.2, 0.25) is 0 Å². The van der Waals surface area contributed by atoms with Crippen molar-refractivity contribution >= 4 is 17.3 Å². The predicted molar refractivity (Wildman–Crippen MR) is 85.2 cm³/mol. The van der Waals surface area contributed by atoms with E-state index in [-0.39, 0.29) is 0 Å². The molecule has 0 amide bonds. The van der Waals surface area contributed by atoms with Crippen LogP contribution in [0.3, 0.4) is 0 Å². The Balaban J connectivity index is 3.04. The minimum atomic E-state index is 0.440. The number of likely N-dealkylation sites (N-methyl/N-ethyl adjacent to an activating group) is 2. The predicted octanol–water partition coefficient (Wildman–Crippen LogP) is 2.62. The zero-order valence-corrected chi connectivity index (χ0v) is 13.2. The molecule has 0 aliphatic heterocycles. The number of benzene rings is 1. The van der Waals surface area contributed by atoms with Crippen LogP contribution in [0.4, 0.5) is 5.69 Å². The summed E-state index contributed by atoms with van der Waals surface area (Å²) in [4.78, 5) is 4.61. The first-order chi connectivity index (χ1) is 8.99. The van der Waals surface area contributed by atoms with Crippen LogP contribution in [0, 0.1) is 0 Å². The second-order valence-electron chi connectivity index (χ2n) is 5.21. The highest BCUT2D eigenvalue weighted by atomic mass is 35.5. The Morgan fingerprint density at radius 3 is 2.53 bits per heavy atom. The Morgan fingerprint density at radius 1 is 1.32 bits per heavy atom. The third kappa shape index (κ3) is 4.68. The Morgan fingerprint density at radius 2 is 2.00 bits per heavy atom. The van der Waals surface area contributed by atoms with Crippen molar-refractivity contribution in [3.8, 4) is 0 Å². The first-order valence-electron chi connectivity index (χ1n) is 6.89. The van der Waals surface area contributed by atoms with Crippen LogP contribution >= 0.6 is 11.6 Å². The maximum absolute atomic E-state index is 6.16. The maximum Gasteiger partial charge on any atom is 0.0426 e. The number of halogens is 1. The molecule has 1 rings (SSSR count). The molecule has 1 unspecified atom stereocenters. The summed E-state index contributed by atoms with van der Waals surface area (Å²) in [5.41, 5.74) is 8.20. The molecule has 2 N–H and O–H groups in total. The maximum atomic E-state index is 6.16. The van der Waals surface area contributed by atoms with Gasteiger partial charge in [0, 0.05) is 29.8 Å². The quantitative estimate of drug-likeness (QED) is 0.835. The number of anilines is 1. The summed E-state index contributed by atoms with van der Waals surface area (Å²) in [5, 5.41) is 0.784. The fourth-order valence-corrected chi connectivity index (χ4v) is 2.68. The number of nitrogens with two attached hydrogens (primary N) is 1. The van der Waals surface area contributed by atoms with Gasteiger partial charge in [-0.25, -0.2) is 0 Å². The second kappa shape index (κ2) is 7.73. The summed E-state index contributed by atoms with van der Waals surface area (Å²) in [6.45, 7) is 7.07. The highest BCUT2D eigenvalue weighted by molar-refractivity contribution is 6.30. The summed E-state index contributed by atoms with van der Waals surface area (Å²) in [6.07, 6.45) is 0.887. The van der Waals surface area contributed by atoms with Crippen molar-refractivity contribution in [2.24, 2.45) is 5.73 Å². The van der Waals surface area contributed by atoms with Gasteiger partial charge in [-0.05, 0) is 58.6 Å². The summed E-state index contributed by atoms with van der Waals surface area (Å²) < 4.78 is 0. The van der Waals surface area contributed by atoms with Crippen LogP contribution in [0.2, 0.25) is 5.02 Å². The second-order valence-corrected chi connectivity index (χ2v) is 5.65. The number of hydrogen-bond donors (Lipinski definition) is 1. The topological polar surface area (TPSA) is 32.5 Å². The average molecular weight is 284 g/mol. The first-order valence-corrected chi connectivity index (χ1v) is 7.27. The van der Waals surface area contributed by atoms with Crippen molar-refractivity contribution in [2.45, 2.75) is 26.3 Å². The van der Waals surface area contributed by atoms with E-state index in [2.05, 4.69) is 49.9 Å². The average Bonchev–Trinajstić information content (AvgIpc) is 2.32. The highest BCUT2D eigenvalue weighted by Gasteiger charge is 2.16. The van der Waals surface area contributed by atoms with E-state index in [1.54, 1.807) is 0 Å². The van der Waals surface area contributed by atoms with Crippen LogP contribution in [-0.2, 0) is 6.42 Å². The van der Waals surface area contributed by atoms with Gasteiger partial charge in [0.15, 0.2) is 0 Å². The Kier molecular flexibility index (Phi) is 6.63. The molecule has 0 saturated heterocycles. The van der Waals surface area contributed by atoms with Crippen LogP contribution in [0.1, 0.15) is 19.4 Å². The van der Waals surface area contributed by atoms with E-state index in [1.807, 2.05) is 6.07 Å². The molecule has 0 aliphatic carbocycles. The van der Waals surface area contributed by atoms with Crippen LogP contribution in [0.25, 0.3) is 0 Å². The summed E-state index contributed by atoms with van der Waals surface area (Å²) in [5.74, 6) is 0. The summed E-state index contributed by atoms with van der Waals surface area (Å²) in [7, 11) is 4.20. The molecule has 1 aromatic carbocycles. The van der Waals surface area contributed by atoms with E-state index in [1.165, 1.54) is 11.3 Å². The molecule has 0 fully saturated rings. The molecular weight excluding hydrogens is 258 g/mol. The monoisotopic (exact) mass is 283 g/mol. The van der Waals surface area contributed by atoms with Crippen LogP contribution in [0.5, 0.6) is 0 Å². The molecule has 108 valence electrons. The van der Waals surface area contributed by atoms with Gasteiger partial charge in [-0.3, -0.25) is 0 Å². The Hall–Kier alpha value is -0.770. The molecule has 1 atom stereocenters.